The van der Waals surface area contributed by atoms with Crippen LogP contribution < -0.4 is 14.8 Å². The molecule has 0 spiro atoms. The number of carbonyl (C=O) groups is 2. The molecule has 55 heavy (non-hydrogen) atoms. The van der Waals surface area contributed by atoms with E-state index in [2.05, 4.69) is 39.9 Å². The number of rotatable bonds is 14. The van der Waals surface area contributed by atoms with E-state index in [1.165, 1.54) is 90.6 Å². The van der Waals surface area contributed by atoms with Crippen LogP contribution in [0, 0.1) is 52.3 Å². The number of carboxylic acid groups (broad SMARTS) is 2. The van der Waals surface area contributed by atoms with Crippen LogP contribution in [0.2, 0.25) is 10.0 Å². The largest absolute Gasteiger partial charge is 0.494 e. The number of carboxylic acids is 2. The van der Waals surface area contributed by atoms with Crippen LogP contribution >= 0.6 is 23.2 Å². The van der Waals surface area contributed by atoms with Crippen molar-refractivity contribution in [2.24, 2.45) is 52.3 Å². The van der Waals surface area contributed by atoms with Crippen molar-refractivity contribution in [1.82, 2.24) is 5.32 Å². The molecule has 0 unspecified atom stereocenters. The minimum atomic E-state index is -1.18. The van der Waals surface area contributed by atoms with Gasteiger partial charge in [-0.05, 0) is 151 Å². The molecule has 7 nitrogen and oxygen atoms in total. The van der Waals surface area contributed by atoms with E-state index < -0.39 is 11.9 Å². The number of fused-ring (bicyclic) bond motifs is 5. The summed E-state index contributed by atoms with van der Waals surface area (Å²) in [5, 5.41) is 24.1. The number of methoxy groups -OCH3 is 2. The van der Waals surface area contributed by atoms with Gasteiger partial charge < -0.3 is 25.0 Å². The fourth-order valence-electron chi connectivity index (χ4n) is 12.4. The lowest BCUT2D eigenvalue weighted by Crippen LogP contribution is -2.55. The summed E-state index contributed by atoms with van der Waals surface area (Å²) in [5.74, 6) is 3.52. The van der Waals surface area contributed by atoms with E-state index in [1.807, 2.05) is 6.08 Å². The molecule has 0 heterocycles. The molecule has 0 radical (unpaired) electrons. The molecule has 6 rings (SSSR count). The van der Waals surface area contributed by atoms with Crippen molar-refractivity contribution in [1.29, 1.82) is 0 Å². The Kier molecular flexibility index (Phi) is 12.9. The van der Waals surface area contributed by atoms with Crippen molar-refractivity contribution < 1.29 is 29.3 Å². The number of halogens is 2. The molecule has 2 aromatic carbocycles. The Labute approximate surface area is 338 Å². The van der Waals surface area contributed by atoms with Gasteiger partial charge in [-0.2, -0.15) is 0 Å². The first-order valence-corrected chi connectivity index (χ1v) is 21.5. The molecule has 4 fully saturated rings. The average molecular weight is 797 g/mol. The van der Waals surface area contributed by atoms with E-state index >= 15 is 0 Å². The molecule has 0 saturated heterocycles. The van der Waals surface area contributed by atoms with E-state index in [0.29, 0.717) is 46.0 Å². The van der Waals surface area contributed by atoms with Gasteiger partial charge in [0.2, 0.25) is 0 Å². The molecular weight excluding hydrogens is 733 g/mol. The highest BCUT2D eigenvalue weighted by molar-refractivity contribution is 6.33. The molecule has 0 amide bonds. The highest BCUT2D eigenvalue weighted by Gasteiger charge is 2.60. The van der Waals surface area contributed by atoms with E-state index in [1.54, 1.807) is 12.1 Å². The lowest BCUT2D eigenvalue weighted by atomic mass is 9.44. The molecule has 2 aromatic rings. The number of hydrogen-bond donors (Lipinski definition) is 3. The molecule has 4 saturated carbocycles. The van der Waals surface area contributed by atoms with Crippen molar-refractivity contribution in [2.75, 3.05) is 20.8 Å². The van der Waals surface area contributed by atoms with Crippen LogP contribution in [0.15, 0.2) is 30.3 Å². The molecular formula is C46H63Cl2NO6. The number of aromatic carboxylic acids is 2. The predicted molar refractivity (Wildman–Crippen MR) is 222 cm³/mol. The maximum Gasteiger partial charge on any atom is 0.339 e. The van der Waals surface area contributed by atoms with Gasteiger partial charge in [0.15, 0.2) is 11.5 Å². The fraction of sp³-hybridized carbons (Fsp3) is 0.652. The summed E-state index contributed by atoms with van der Waals surface area (Å²) in [7, 11) is 2.76. The minimum absolute atomic E-state index is 0.0661. The number of benzene rings is 2. The van der Waals surface area contributed by atoms with Crippen molar-refractivity contribution in [2.45, 2.75) is 118 Å². The second-order valence-electron chi connectivity index (χ2n) is 18.4. The average Bonchev–Trinajstić information content (AvgIpc) is 3.49. The molecule has 0 aromatic heterocycles. The molecule has 9 heteroatoms. The summed E-state index contributed by atoms with van der Waals surface area (Å²) in [5.41, 5.74) is 2.35. The third kappa shape index (κ3) is 8.19. The van der Waals surface area contributed by atoms with Gasteiger partial charge in [-0.1, -0.05) is 83.2 Å². The zero-order valence-corrected chi connectivity index (χ0v) is 35.5. The normalized spacial score (nSPS) is 30.5. The maximum absolute atomic E-state index is 12.3. The summed E-state index contributed by atoms with van der Waals surface area (Å²) in [4.78, 5) is 24.5. The highest BCUT2D eigenvalue weighted by Crippen LogP contribution is 2.68. The van der Waals surface area contributed by atoms with Crippen LogP contribution in [0.3, 0.4) is 0 Å². The standard InChI is InChI=1S/C46H63Cl2NO6/c1-26(2)9-8-10-27(3)36-13-14-37-33-12-11-30-25-31(15-18-45(30,4)38(33)16-19-46(36,37)5)49-20-17-32(28-21-34(43(50)51)41(54-6)39(47)23-28)29-22-35(44(52)53)42(55-7)40(48)24-29/h17,21-24,26-27,30-31,33,36-38,49H,8-16,18-20,25H2,1-7H3,(H,50,51)(H,52,53)/t27-,30+,31+,33+,36-,37+,38+,45+,46-/m1/s1. The van der Waals surface area contributed by atoms with Crippen LogP contribution in [-0.2, 0) is 0 Å². The van der Waals surface area contributed by atoms with Crippen molar-refractivity contribution in [3.63, 3.8) is 0 Å². The molecule has 0 bridgehead atoms. The van der Waals surface area contributed by atoms with Gasteiger partial charge in [-0.15, -0.1) is 0 Å². The number of hydrogen-bond acceptors (Lipinski definition) is 5. The van der Waals surface area contributed by atoms with E-state index in [9.17, 15) is 19.8 Å². The zero-order chi connectivity index (χ0) is 39.8. The van der Waals surface area contributed by atoms with Crippen LogP contribution in [0.1, 0.15) is 144 Å². The second-order valence-corrected chi connectivity index (χ2v) is 19.2. The minimum Gasteiger partial charge on any atom is -0.494 e. The molecule has 9 atom stereocenters. The third-order valence-corrected chi connectivity index (χ3v) is 15.7. The third-order valence-electron chi connectivity index (χ3n) is 15.2. The predicted octanol–water partition coefficient (Wildman–Crippen LogP) is 11.9. The first-order valence-electron chi connectivity index (χ1n) is 20.8. The monoisotopic (exact) mass is 795 g/mol. The first-order chi connectivity index (χ1) is 26.1. The Balaban J connectivity index is 1.19. The molecule has 4 aliphatic carbocycles. The Morgan fingerprint density at radius 1 is 0.818 bits per heavy atom. The number of ether oxygens (including phenoxy) is 2. The fourth-order valence-corrected chi connectivity index (χ4v) is 13.0. The molecule has 3 N–H and O–H groups in total. The van der Waals surface area contributed by atoms with Crippen LogP contribution in [0.5, 0.6) is 11.5 Å². The van der Waals surface area contributed by atoms with Gasteiger partial charge in [-0.3, -0.25) is 0 Å². The zero-order valence-electron chi connectivity index (χ0n) is 34.0. The summed E-state index contributed by atoms with van der Waals surface area (Å²) >= 11 is 13.1. The Morgan fingerprint density at radius 2 is 1.40 bits per heavy atom. The summed E-state index contributed by atoms with van der Waals surface area (Å²) in [6.07, 6.45) is 17.9. The quantitative estimate of drug-likeness (QED) is 0.175. The molecule has 0 aliphatic heterocycles. The van der Waals surface area contributed by atoms with Crippen molar-refractivity contribution in [3.8, 4) is 11.5 Å². The smallest absolute Gasteiger partial charge is 0.339 e. The SMILES string of the molecule is COc1c(Cl)cc(C(=CCN[C@H]2CC[C@@]3(C)[C@@H](CC[C@@H]4[C@@H]3CC[C@]3(C)[C@@H]([C@H](C)CCCC(C)C)CC[C@@H]43)C2)c2cc(Cl)c(OC)c(C(=O)O)c2)cc1C(=O)O. The lowest BCUT2D eigenvalue weighted by Gasteiger charge is -2.61. The molecule has 302 valence electrons. The van der Waals surface area contributed by atoms with Crippen LogP contribution in [-0.4, -0.2) is 49.0 Å². The van der Waals surface area contributed by atoms with E-state index in [0.717, 1.165) is 48.3 Å². The van der Waals surface area contributed by atoms with E-state index in [4.69, 9.17) is 32.7 Å². The molecule has 4 aliphatic rings. The second kappa shape index (κ2) is 17.0. The lowest BCUT2D eigenvalue weighted by molar-refractivity contribution is -0.117. The van der Waals surface area contributed by atoms with Crippen molar-refractivity contribution in [3.05, 3.63) is 62.6 Å². The Bertz CT molecular complexity index is 1700. The number of nitrogens with one attached hydrogen (secondary N) is 1. The van der Waals surface area contributed by atoms with Gasteiger partial charge >= 0.3 is 11.9 Å². The van der Waals surface area contributed by atoms with Crippen LogP contribution in [0.4, 0.5) is 0 Å². The van der Waals surface area contributed by atoms with Gasteiger partial charge in [0, 0.05) is 12.6 Å². The van der Waals surface area contributed by atoms with Gasteiger partial charge in [0.25, 0.3) is 0 Å². The highest BCUT2D eigenvalue weighted by atomic mass is 35.5. The summed E-state index contributed by atoms with van der Waals surface area (Å²) in [6.45, 7) is 13.1. The Hall–Kier alpha value is -2.74. The Morgan fingerprint density at radius 3 is 1.96 bits per heavy atom. The first kappa shape index (κ1) is 41.9. The van der Waals surface area contributed by atoms with Gasteiger partial charge in [0.1, 0.15) is 11.1 Å². The topological polar surface area (TPSA) is 105 Å². The van der Waals surface area contributed by atoms with Gasteiger partial charge in [0.05, 0.1) is 24.3 Å². The van der Waals surface area contributed by atoms with Gasteiger partial charge in [-0.25, -0.2) is 9.59 Å². The van der Waals surface area contributed by atoms with E-state index in [-0.39, 0.29) is 32.7 Å². The van der Waals surface area contributed by atoms with Crippen LogP contribution in [0.25, 0.3) is 5.57 Å². The van der Waals surface area contributed by atoms with Crippen molar-refractivity contribution >= 4 is 40.7 Å². The maximum atomic E-state index is 12.3. The summed E-state index contributed by atoms with van der Waals surface area (Å²) in [6, 6.07) is 6.68. The summed E-state index contributed by atoms with van der Waals surface area (Å²) < 4.78 is 10.6.